The lowest BCUT2D eigenvalue weighted by Gasteiger charge is -2.20. The molecule has 1 aliphatic carbocycles. The lowest BCUT2D eigenvalue weighted by atomic mass is 9.87. The minimum atomic E-state index is -0.382. The summed E-state index contributed by atoms with van der Waals surface area (Å²) in [6, 6.07) is 12.4. The first-order valence-electron chi connectivity index (χ1n) is 16.1. The molecule has 7 rings (SSSR count). The molecule has 1 amide bonds. The molecule has 0 aliphatic heterocycles. The summed E-state index contributed by atoms with van der Waals surface area (Å²) < 4.78 is 20.5. The highest BCUT2D eigenvalue weighted by molar-refractivity contribution is 6.00. The number of halogens is 1. The van der Waals surface area contributed by atoms with Crippen molar-refractivity contribution in [1.82, 2.24) is 35.0 Å². The fourth-order valence-electron chi connectivity index (χ4n) is 6.32. The van der Waals surface area contributed by atoms with Crippen molar-refractivity contribution in [3.05, 3.63) is 73.1 Å². The number of hydrogen-bond acceptors (Lipinski definition) is 7. The van der Waals surface area contributed by atoms with Gasteiger partial charge in [0.1, 0.15) is 29.4 Å². The number of aromatic nitrogens is 6. The molecule has 1 aromatic carbocycles. The predicted molar refractivity (Wildman–Crippen MR) is 181 cm³/mol. The highest BCUT2D eigenvalue weighted by Gasteiger charge is 2.19. The Morgan fingerprint density at radius 3 is 2.68 bits per heavy atom. The first-order valence-corrected chi connectivity index (χ1v) is 16.1. The number of aromatic amines is 2. The van der Waals surface area contributed by atoms with Gasteiger partial charge >= 0.3 is 0 Å². The first-order chi connectivity index (χ1) is 22.9. The molecule has 47 heavy (non-hydrogen) atoms. The number of amides is 1. The molecule has 6 aromatic rings. The van der Waals surface area contributed by atoms with Crippen LogP contribution in [-0.4, -0.2) is 68.2 Å². The molecule has 1 saturated carbocycles. The van der Waals surface area contributed by atoms with Crippen molar-refractivity contribution in [3.8, 4) is 39.5 Å². The van der Waals surface area contributed by atoms with Crippen LogP contribution in [0.25, 0.3) is 55.7 Å². The smallest absolute Gasteiger partial charge is 0.224 e. The van der Waals surface area contributed by atoms with E-state index in [-0.39, 0.29) is 11.7 Å². The highest BCUT2D eigenvalue weighted by Crippen LogP contribution is 2.35. The van der Waals surface area contributed by atoms with Crippen LogP contribution in [-0.2, 0) is 4.79 Å². The van der Waals surface area contributed by atoms with E-state index in [1.807, 2.05) is 49.3 Å². The molecule has 1 fully saturated rings. The van der Waals surface area contributed by atoms with Crippen molar-refractivity contribution in [2.24, 2.45) is 5.92 Å². The molecule has 0 unspecified atom stereocenters. The van der Waals surface area contributed by atoms with E-state index in [0.717, 1.165) is 52.6 Å². The first kappa shape index (κ1) is 30.5. The van der Waals surface area contributed by atoms with E-state index in [4.69, 9.17) is 9.72 Å². The predicted octanol–water partition coefficient (Wildman–Crippen LogP) is 7.22. The molecule has 0 radical (unpaired) electrons. The Labute approximate surface area is 271 Å². The summed E-state index contributed by atoms with van der Waals surface area (Å²) >= 11 is 0. The number of fused-ring (bicyclic) bond motifs is 2. The van der Waals surface area contributed by atoms with Gasteiger partial charge < -0.3 is 19.9 Å². The molecule has 10 nitrogen and oxygen atoms in total. The summed E-state index contributed by atoms with van der Waals surface area (Å²) in [6.45, 7) is 1.17. The molecular formula is C36H37FN8O2. The van der Waals surface area contributed by atoms with Crippen molar-refractivity contribution >= 4 is 33.5 Å². The van der Waals surface area contributed by atoms with Crippen LogP contribution in [0.5, 0.6) is 5.75 Å². The summed E-state index contributed by atoms with van der Waals surface area (Å²) in [5.41, 5.74) is 7.19. The number of carbonyl (C=O) groups excluding carboxylic acids is 1. The van der Waals surface area contributed by atoms with Crippen molar-refractivity contribution in [2.75, 3.05) is 32.6 Å². The zero-order chi connectivity index (χ0) is 32.3. The normalized spacial score (nSPS) is 13.9. The minimum Gasteiger partial charge on any atom is -0.492 e. The topological polar surface area (TPSA) is 125 Å². The second-order valence-electron chi connectivity index (χ2n) is 12.5. The number of pyridine rings is 3. The fourth-order valence-corrected chi connectivity index (χ4v) is 6.32. The lowest BCUT2D eigenvalue weighted by molar-refractivity contribution is -0.117. The van der Waals surface area contributed by atoms with Gasteiger partial charge in [0.2, 0.25) is 5.91 Å². The second kappa shape index (κ2) is 13.3. The second-order valence-corrected chi connectivity index (χ2v) is 12.5. The number of benzene rings is 1. The van der Waals surface area contributed by atoms with Gasteiger partial charge in [0.05, 0.1) is 40.5 Å². The third-order valence-electron chi connectivity index (χ3n) is 8.71. The van der Waals surface area contributed by atoms with Crippen LogP contribution in [0.2, 0.25) is 0 Å². The number of hydrogen-bond donors (Lipinski definition) is 3. The molecule has 0 spiro atoms. The zero-order valence-electron chi connectivity index (χ0n) is 26.5. The molecule has 0 bridgehead atoms. The van der Waals surface area contributed by atoms with E-state index >= 15 is 0 Å². The number of nitrogens with zero attached hydrogens (tertiary/aromatic N) is 5. The van der Waals surface area contributed by atoms with Gasteiger partial charge in [-0.2, -0.15) is 5.10 Å². The molecule has 5 aromatic heterocycles. The zero-order valence-corrected chi connectivity index (χ0v) is 26.5. The average Bonchev–Trinajstić information content (AvgIpc) is 3.69. The molecule has 1 aliphatic rings. The standard InChI is InChI=1S/C36H37FN8O2/c1-45(2)10-11-47-27-15-23(13-25(37)16-27)29-20-39-21-33-28(29)17-32(41-33)36-35-31(43-44-36)9-8-30(42-35)24-14-26(19-38-18-24)40-34(46)12-22-6-4-3-5-7-22/h8-9,13-22,41H,3-7,10-12H2,1-2H3,(H,40,46)(H,43,44). The van der Waals surface area contributed by atoms with Gasteiger partial charge in [-0.15, -0.1) is 0 Å². The maximum atomic E-state index is 14.7. The number of nitrogens with one attached hydrogen (secondary N) is 3. The quantitative estimate of drug-likeness (QED) is 0.146. The Balaban J connectivity index is 1.16. The van der Waals surface area contributed by atoms with Crippen LogP contribution < -0.4 is 10.1 Å². The van der Waals surface area contributed by atoms with Gasteiger partial charge in [0.25, 0.3) is 0 Å². The third kappa shape index (κ3) is 6.85. The van der Waals surface area contributed by atoms with Gasteiger partial charge in [0.15, 0.2) is 0 Å². The van der Waals surface area contributed by atoms with Crippen molar-refractivity contribution < 1.29 is 13.9 Å². The van der Waals surface area contributed by atoms with E-state index in [1.54, 1.807) is 24.8 Å². The summed E-state index contributed by atoms with van der Waals surface area (Å²) in [7, 11) is 3.93. The Kier molecular flexibility index (Phi) is 8.62. The number of ether oxygens (including phenoxy) is 1. The van der Waals surface area contributed by atoms with Crippen LogP contribution in [0, 0.1) is 11.7 Å². The lowest BCUT2D eigenvalue weighted by Crippen LogP contribution is -2.19. The molecule has 0 saturated heterocycles. The Bertz CT molecular complexity index is 2050. The molecule has 5 heterocycles. The highest BCUT2D eigenvalue weighted by atomic mass is 19.1. The third-order valence-corrected chi connectivity index (χ3v) is 8.71. The number of H-pyrrole nitrogens is 2. The van der Waals surface area contributed by atoms with Crippen molar-refractivity contribution in [3.63, 3.8) is 0 Å². The summed E-state index contributed by atoms with van der Waals surface area (Å²) in [5, 5.41) is 11.6. The van der Waals surface area contributed by atoms with E-state index in [2.05, 4.69) is 30.5 Å². The van der Waals surface area contributed by atoms with Crippen LogP contribution in [0.1, 0.15) is 38.5 Å². The summed E-state index contributed by atoms with van der Waals surface area (Å²) in [6.07, 6.45) is 13.3. The molecule has 3 N–H and O–H groups in total. The van der Waals surface area contributed by atoms with Gasteiger partial charge in [0, 0.05) is 47.9 Å². The van der Waals surface area contributed by atoms with Gasteiger partial charge in [-0.1, -0.05) is 19.3 Å². The maximum Gasteiger partial charge on any atom is 0.224 e. The van der Waals surface area contributed by atoms with E-state index < -0.39 is 0 Å². The van der Waals surface area contributed by atoms with E-state index in [0.29, 0.717) is 52.9 Å². The van der Waals surface area contributed by atoms with Gasteiger partial charge in [-0.05, 0) is 74.8 Å². The van der Waals surface area contributed by atoms with Crippen LogP contribution in [0.4, 0.5) is 10.1 Å². The average molecular weight is 633 g/mol. The molecule has 11 heteroatoms. The van der Waals surface area contributed by atoms with Crippen molar-refractivity contribution in [2.45, 2.75) is 38.5 Å². The summed E-state index contributed by atoms with van der Waals surface area (Å²) in [5.74, 6) is 0.563. The van der Waals surface area contributed by atoms with Gasteiger partial charge in [-0.25, -0.2) is 9.37 Å². The summed E-state index contributed by atoms with van der Waals surface area (Å²) in [4.78, 5) is 32.0. The number of anilines is 1. The Morgan fingerprint density at radius 2 is 1.83 bits per heavy atom. The molecule has 240 valence electrons. The number of likely N-dealkylation sites (N-methyl/N-ethyl adjacent to an activating group) is 1. The molecule has 0 atom stereocenters. The fraction of sp³-hybridized carbons (Fsp3) is 0.306. The van der Waals surface area contributed by atoms with Gasteiger partial charge in [-0.3, -0.25) is 19.9 Å². The van der Waals surface area contributed by atoms with Crippen LogP contribution in [0.15, 0.2) is 67.3 Å². The number of carbonyl (C=O) groups is 1. The Morgan fingerprint density at radius 1 is 0.979 bits per heavy atom. The SMILES string of the molecule is CN(C)CCOc1cc(F)cc(-c2cncc3[nH]c(-c4n[nH]c5ccc(-c6cncc(NC(=O)CC7CCCCC7)c6)nc45)cc23)c1. The van der Waals surface area contributed by atoms with Crippen molar-refractivity contribution in [1.29, 1.82) is 0 Å². The van der Waals surface area contributed by atoms with Crippen LogP contribution >= 0.6 is 0 Å². The monoisotopic (exact) mass is 632 g/mol. The minimum absolute atomic E-state index is 0.0235. The van der Waals surface area contributed by atoms with Crippen LogP contribution in [0.3, 0.4) is 0 Å². The maximum absolute atomic E-state index is 14.7. The van der Waals surface area contributed by atoms with E-state index in [1.165, 1.54) is 31.4 Å². The van der Waals surface area contributed by atoms with E-state index in [9.17, 15) is 9.18 Å². The Hall–Kier alpha value is -5.16. The number of rotatable bonds is 10. The largest absolute Gasteiger partial charge is 0.492 e. The molecular weight excluding hydrogens is 595 g/mol.